The summed E-state index contributed by atoms with van der Waals surface area (Å²) in [5.41, 5.74) is -2.38. The monoisotopic (exact) mass is 430 g/mol. The van der Waals surface area contributed by atoms with E-state index in [1.54, 1.807) is 30.3 Å². The van der Waals surface area contributed by atoms with Gasteiger partial charge in [-0.3, -0.25) is 0 Å². The van der Waals surface area contributed by atoms with Crippen molar-refractivity contribution in [3.63, 3.8) is 0 Å². The van der Waals surface area contributed by atoms with Gasteiger partial charge in [0.05, 0.1) is 0 Å². The fourth-order valence-electron chi connectivity index (χ4n) is 3.70. The molecule has 0 saturated carbocycles. The van der Waals surface area contributed by atoms with E-state index in [4.69, 9.17) is 9.47 Å². The number of benzene rings is 2. The number of rotatable bonds is 5. The number of carbonyl (C=O) groups is 1. The fraction of sp³-hybridized carbons (Fsp3) is 0.381. The van der Waals surface area contributed by atoms with Gasteiger partial charge < -0.3 is 14.6 Å². The lowest BCUT2D eigenvalue weighted by Gasteiger charge is -2.32. The van der Waals surface area contributed by atoms with Crippen LogP contribution in [0.5, 0.6) is 5.75 Å². The molecule has 0 aromatic heterocycles. The summed E-state index contributed by atoms with van der Waals surface area (Å²) in [4.78, 5) is 11.7. The lowest BCUT2D eigenvalue weighted by Crippen LogP contribution is -2.47. The van der Waals surface area contributed by atoms with Gasteiger partial charge in [0.15, 0.2) is 23.3 Å². The Morgan fingerprint density at radius 2 is 1.80 bits per heavy atom. The number of ether oxygens (including phenoxy) is 2. The molecule has 4 atom stereocenters. The summed E-state index contributed by atoms with van der Waals surface area (Å²) in [6.07, 6.45) is -6.80. The molecule has 2 aromatic carbocycles. The largest absolute Gasteiger partial charge is 0.485 e. The molecule has 1 aliphatic rings. The molecule has 3 rings (SSSR count). The zero-order chi connectivity index (χ0) is 22.3. The molecular weight excluding hydrogens is 411 g/mol. The second-order valence-electron chi connectivity index (χ2n) is 7.35. The van der Waals surface area contributed by atoms with E-state index >= 15 is 0 Å². The van der Waals surface area contributed by atoms with Crippen LogP contribution in [0.25, 0.3) is 0 Å². The average molecular weight is 430 g/mol. The molecule has 9 heteroatoms. The Balaban J connectivity index is 2.06. The van der Waals surface area contributed by atoms with Gasteiger partial charge in [0, 0.05) is 17.4 Å². The van der Waals surface area contributed by atoms with Crippen molar-refractivity contribution < 1.29 is 41.3 Å². The molecule has 30 heavy (non-hydrogen) atoms. The van der Waals surface area contributed by atoms with Crippen LogP contribution < -0.4 is 4.74 Å². The Morgan fingerprint density at radius 1 is 1.17 bits per heavy atom. The lowest BCUT2D eigenvalue weighted by molar-refractivity contribution is -0.273. The maximum absolute atomic E-state index is 14.6. The first-order chi connectivity index (χ1) is 14.0. The summed E-state index contributed by atoms with van der Waals surface area (Å²) in [6.45, 7) is 1.73. The molecule has 1 N–H and O–H groups in total. The Kier molecular flexibility index (Phi) is 5.77. The van der Waals surface area contributed by atoms with Crippen molar-refractivity contribution >= 4 is 5.97 Å². The predicted molar refractivity (Wildman–Crippen MR) is 96.0 cm³/mol. The topological polar surface area (TPSA) is 55.8 Å². The van der Waals surface area contributed by atoms with Gasteiger partial charge in [0.2, 0.25) is 5.82 Å². The summed E-state index contributed by atoms with van der Waals surface area (Å²) >= 11 is 0. The normalized spacial score (nSPS) is 26.6. The number of carboxylic acids is 1. The Labute approximate surface area is 169 Å². The molecule has 0 bridgehead atoms. The highest BCUT2D eigenvalue weighted by atomic mass is 19.4. The third kappa shape index (κ3) is 3.74. The molecule has 162 valence electrons. The Morgan fingerprint density at radius 3 is 2.37 bits per heavy atom. The van der Waals surface area contributed by atoms with Crippen LogP contribution in [-0.4, -0.2) is 29.0 Å². The van der Waals surface area contributed by atoms with Gasteiger partial charge in [-0.05, 0) is 18.6 Å². The first-order valence-electron chi connectivity index (χ1n) is 9.09. The summed E-state index contributed by atoms with van der Waals surface area (Å²) < 4.78 is 79.8. The van der Waals surface area contributed by atoms with Crippen molar-refractivity contribution in [3.8, 4) is 5.75 Å². The van der Waals surface area contributed by atoms with Crippen molar-refractivity contribution in [1.29, 1.82) is 0 Å². The van der Waals surface area contributed by atoms with Gasteiger partial charge in [0.1, 0.15) is 6.61 Å². The molecule has 0 spiro atoms. The maximum atomic E-state index is 14.6. The minimum atomic E-state index is -4.88. The minimum absolute atomic E-state index is 0.190. The van der Waals surface area contributed by atoms with E-state index in [0.29, 0.717) is 5.56 Å². The van der Waals surface area contributed by atoms with Crippen LogP contribution in [0, 0.1) is 17.6 Å². The van der Waals surface area contributed by atoms with Crippen LogP contribution in [0.1, 0.15) is 30.9 Å². The lowest BCUT2D eigenvalue weighted by atomic mass is 9.77. The van der Waals surface area contributed by atoms with E-state index in [0.717, 1.165) is 19.1 Å². The van der Waals surface area contributed by atoms with Crippen LogP contribution >= 0.6 is 0 Å². The molecule has 0 radical (unpaired) electrons. The zero-order valence-corrected chi connectivity index (χ0v) is 16.0. The number of hydrogen-bond acceptors (Lipinski definition) is 3. The summed E-state index contributed by atoms with van der Waals surface area (Å²) in [6, 6.07) is 10.2. The van der Waals surface area contributed by atoms with Gasteiger partial charge in [-0.15, -0.1) is 0 Å². The molecule has 0 aliphatic carbocycles. The fourth-order valence-corrected chi connectivity index (χ4v) is 3.70. The number of carboxylic acid groups (broad SMARTS) is 1. The molecular formula is C21H19F5O4. The summed E-state index contributed by atoms with van der Waals surface area (Å²) in [7, 11) is 0. The van der Waals surface area contributed by atoms with E-state index in [2.05, 4.69) is 0 Å². The zero-order valence-electron chi connectivity index (χ0n) is 16.0. The highest BCUT2D eigenvalue weighted by Gasteiger charge is 2.66. The van der Waals surface area contributed by atoms with Crippen LogP contribution in [0.4, 0.5) is 22.0 Å². The SMILES string of the molecule is C[C@H]1[C@@H](c2ccc(F)c(F)c2OCc2ccccc2)[C@H](C(=O)O)O[C@@]1(C)C(F)(F)F. The molecule has 0 unspecified atom stereocenters. The number of aliphatic carboxylic acids is 1. The van der Waals surface area contributed by atoms with Crippen molar-refractivity contribution in [2.75, 3.05) is 0 Å². The highest BCUT2D eigenvalue weighted by molar-refractivity contribution is 5.75. The van der Waals surface area contributed by atoms with E-state index in [-0.39, 0.29) is 12.2 Å². The average Bonchev–Trinajstić information content (AvgIpc) is 2.96. The quantitative estimate of drug-likeness (QED) is 0.674. The second kappa shape index (κ2) is 7.86. The van der Waals surface area contributed by atoms with Crippen molar-refractivity contribution in [2.24, 2.45) is 5.92 Å². The van der Waals surface area contributed by atoms with Crippen LogP contribution in [0.3, 0.4) is 0 Å². The summed E-state index contributed by atoms with van der Waals surface area (Å²) in [5, 5.41) is 9.48. The number of hydrogen-bond donors (Lipinski definition) is 1. The van der Waals surface area contributed by atoms with Crippen LogP contribution in [0.15, 0.2) is 42.5 Å². The Hall–Kier alpha value is -2.68. The molecule has 1 saturated heterocycles. The van der Waals surface area contributed by atoms with Crippen LogP contribution in [-0.2, 0) is 16.1 Å². The van der Waals surface area contributed by atoms with Crippen molar-refractivity contribution in [2.45, 2.75) is 44.3 Å². The standard InChI is InChI=1S/C21H19F5O4/c1-11-15(18(19(27)28)30-20(11,2)21(24,25)26)13-8-9-14(22)16(23)17(13)29-10-12-6-4-3-5-7-12/h3-9,11,15,18H,10H2,1-2H3,(H,27,28)/t11-,15-,18+,20+/m0/s1. The third-order valence-electron chi connectivity index (χ3n) is 5.58. The van der Waals surface area contributed by atoms with E-state index in [1.165, 1.54) is 6.92 Å². The van der Waals surface area contributed by atoms with Crippen molar-refractivity contribution in [1.82, 2.24) is 0 Å². The molecule has 1 fully saturated rings. The van der Waals surface area contributed by atoms with E-state index in [9.17, 15) is 31.9 Å². The van der Waals surface area contributed by atoms with Crippen LogP contribution in [0.2, 0.25) is 0 Å². The summed E-state index contributed by atoms with van der Waals surface area (Å²) in [5.74, 6) is -7.77. The Bertz CT molecular complexity index is 931. The third-order valence-corrected chi connectivity index (χ3v) is 5.58. The second-order valence-corrected chi connectivity index (χ2v) is 7.35. The van der Waals surface area contributed by atoms with Gasteiger partial charge >= 0.3 is 12.1 Å². The minimum Gasteiger partial charge on any atom is -0.485 e. The first kappa shape index (κ1) is 22.0. The first-order valence-corrected chi connectivity index (χ1v) is 9.09. The maximum Gasteiger partial charge on any atom is 0.417 e. The predicted octanol–water partition coefficient (Wildman–Crippen LogP) is 5.07. The molecule has 1 aliphatic heterocycles. The molecule has 2 aromatic rings. The molecule has 0 amide bonds. The number of halogens is 5. The number of alkyl halides is 3. The molecule has 4 nitrogen and oxygen atoms in total. The van der Waals surface area contributed by atoms with Gasteiger partial charge in [-0.2, -0.15) is 17.6 Å². The van der Waals surface area contributed by atoms with Gasteiger partial charge in [-0.1, -0.05) is 43.3 Å². The highest BCUT2D eigenvalue weighted by Crippen LogP contribution is 2.54. The van der Waals surface area contributed by atoms with Crippen molar-refractivity contribution in [3.05, 3.63) is 65.2 Å². The van der Waals surface area contributed by atoms with E-state index < -0.39 is 53.1 Å². The smallest absolute Gasteiger partial charge is 0.417 e. The van der Waals surface area contributed by atoms with E-state index in [1.807, 2.05) is 0 Å². The van der Waals surface area contributed by atoms with Gasteiger partial charge in [0.25, 0.3) is 0 Å². The molecule has 1 heterocycles. The van der Waals surface area contributed by atoms with Gasteiger partial charge in [-0.25, -0.2) is 9.18 Å².